The third-order valence-electron chi connectivity index (χ3n) is 2.84. The van der Waals surface area contributed by atoms with Gasteiger partial charge in [-0.1, -0.05) is 35.5 Å². The summed E-state index contributed by atoms with van der Waals surface area (Å²) in [4.78, 5) is 16.0. The van der Waals surface area contributed by atoms with E-state index in [1.165, 1.54) is 0 Å². The molecule has 0 unspecified atom stereocenters. The van der Waals surface area contributed by atoms with Crippen LogP contribution in [0.4, 0.5) is 0 Å². The number of oxime groups is 1. The highest BCUT2D eigenvalue weighted by atomic mass is 16.6. The van der Waals surface area contributed by atoms with Crippen LogP contribution in [0.3, 0.4) is 0 Å². The van der Waals surface area contributed by atoms with Gasteiger partial charge < -0.3 is 9.94 Å². The van der Waals surface area contributed by atoms with Crippen LogP contribution in [-0.2, 0) is 16.2 Å². The van der Waals surface area contributed by atoms with Crippen LogP contribution in [0, 0.1) is 0 Å². The number of nitrogens with one attached hydrogen (secondary N) is 1. The molecule has 1 aromatic carbocycles. The Labute approximate surface area is 105 Å². The van der Waals surface area contributed by atoms with Gasteiger partial charge in [-0.3, -0.25) is 10.1 Å². The van der Waals surface area contributed by atoms with Gasteiger partial charge >= 0.3 is 5.97 Å². The second-order valence-corrected chi connectivity index (χ2v) is 4.23. The van der Waals surface area contributed by atoms with Gasteiger partial charge in [0.25, 0.3) is 0 Å². The Morgan fingerprint density at radius 3 is 2.83 bits per heavy atom. The standard InChI is InChI=1S/C13H16N2O3/c16-13(17)12-7-6-11(8-14-12)15-18-9-10-4-2-1-3-5-10/h1-5,12,14H,6-9H2,(H,16,17)/b15-11+/t12-/m0/s1. The maximum Gasteiger partial charge on any atom is 0.320 e. The van der Waals surface area contributed by atoms with Crippen molar-refractivity contribution in [2.24, 2.45) is 5.16 Å². The summed E-state index contributed by atoms with van der Waals surface area (Å²) in [6.07, 6.45) is 1.22. The van der Waals surface area contributed by atoms with Crippen molar-refractivity contribution < 1.29 is 14.7 Å². The summed E-state index contributed by atoms with van der Waals surface area (Å²) in [7, 11) is 0. The number of carboxylic acids is 1. The average molecular weight is 248 g/mol. The number of carbonyl (C=O) groups is 1. The molecule has 5 heteroatoms. The summed E-state index contributed by atoms with van der Waals surface area (Å²) in [6, 6.07) is 9.33. The molecule has 0 bridgehead atoms. The molecule has 0 spiro atoms. The maximum atomic E-state index is 10.7. The molecule has 18 heavy (non-hydrogen) atoms. The smallest absolute Gasteiger partial charge is 0.320 e. The van der Waals surface area contributed by atoms with Gasteiger partial charge in [-0.2, -0.15) is 0 Å². The Bertz CT molecular complexity index is 421. The zero-order chi connectivity index (χ0) is 12.8. The number of benzene rings is 1. The van der Waals surface area contributed by atoms with E-state index in [2.05, 4.69) is 10.5 Å². The largest absolute Gasteiger partial charge is 0.480 e. The molecular weight excluding hydrogens is 232 g/mol. The van der Waals surface area contributed by atoms with Crippen LogP contribution in [0.25, 0.3) is 0 Å². The predicted octanol–water partition coefficient (Wildman–Crippen LogP) is 1.40. The molecule has 0 aromatic heterocycles. The van der Waals surface area contributed by atoms with Crippen molar-refractivity contribution in [3.05, 3.63) is 35.9 Å². The highest BCUT2D eigenvalue weighted by molar-refractivity contribution is 5.88. The van der Waals surface area contributed by atoms with Gasteiger partial charge in [-0.25, -0.2) is 0 Å². The summed E-state index contributed by atoms with van der Waals surface area (Å²) >= 11 is 0. The first-order valence-corrected chi connectivity index (χ1v) is 5.93. The number of hydrogen-bond acceptors (Lipinski definition) is 4. The lowest BCUT2D eigenvalue weighted by molar-refractivity contribution is -0.139. The van der Waals surface area contributed by atoms with E-state index in [0.29, 0.717) is 26.0 Å². The summed E-state index contributed by atoms with van der Waals surface area (Å²) in [6.45, 7) is 0.915. The van der Waals surface area contributed by atoms with Crippen LogP contribution in [0.5, 0.6) is 0 Å². The van der Waals surface area contributed by atoms with E-state index in [-0.39, 0.29) is 0 Å². The minimum absolute atomic E-state index is 0.437. The maximum absolute atomic E-state index is 10.7. The van der Waals surface area contributed by atoms with Crippen LogP contribution in [0.2, 0.25) is 0 Å². The molecule has 0 amide bonds. The molecule has 2 N–H and O–H groups in total. The SMILES string of the molecule is O=C(O)[C@@H]1CC/C(=N\OCc2ccccc2)CN1. The van der Waals surface area contributed by atoms with Crippen LogP contribution in [0.15, 0.2) is 35.5 Å². The van der Waals surface area contributed by atoms with Crippen LogP contribution in [-0.4, -0.2) is 29.4 Å². The van der Waals surface area contributed by atoms with E-state index in [1.54, 1.807) is 0 Å². The molecule has 1 saturated heterocycles. The third-order valence-corrected chi connectivity index (χ3v) is 2.84. The molecule has 0 saturated carbocycles. The van der Waals surface area contributed by atoms with Crippen molar-refractivity contribution >= 4 is 11.7 Å². The van der Waals surface area contributed by atoms with E-state index in [9.17, 15) is 4.79 Å². The monoisotopic (exact) mass is 248 g/mol. The van der Waals surface area contributed by atoms with Gasteiger partial charge in [0.05, 0.1) is 5.71 Å². The Balaban J connectivity index is 1.76. The molecule has 1 aliphatic rings. The fourth-order valence-electron chi connectivity index (χ4n) is 1.80. The summed E-state index contributed by atoms with van der Waals surface area (Å²) in [5, 5.41) is 15.8. The molecule has 0 radical (unpaired) electrons. The zero-order valence-corrected chi connectivity index (χ0v) is 10.0. The Morgan fingerprint density at radius 2 is 2.22 bits per heavy atom. The van der Waals surface area contributed by atoms with Crippen molar-refractivity contribution in [3.8, 4) is 0 Å². The fraction of sp³-hybridized carbons (Fsp3) is 0.385. The first-order chi connectivity index (χ1) is 8.75. The highest BCUT2D eigenvalue weighted by Crippen LogP contribution is 2.07. The van der Waals surface area contributed by atoms with Gasteiger partial charge in [0.2, 0.25) is 0 Å². The molecule has 1 fully saturated rings. The first kappa shape index (κ1) is 12.6. The number of rotatable bonds is 4. The number of nitrogens with zero attached hydrogens (tertiary/aromatic N) is 1. The third kappa shape index (κ3) is 3.56. The molecule has 0 aliphatic carbocycles. The molecule has 1 atom stereocenters. The van der Waals surface area contributed by atoms with Crippen LogP contribution < -0.4 is 5.32 Å². The van der Waals surface area contributed by atoms with Gasteiger partial charge in [-0.15, -0.1) is 0 Å². The molecule has 96 valence electrons. The quantitative estimate of drug-likeness (QED) is 0.790. The molecule has 2 rings (SSSR count). The number of piperidine rings is 1. The van der Waals surface area contributed by atoms with E-state index < -0.39 is 12.0 Å². The topological polar surface area (TPSA) is 70.9 Å². The van der Waals surface area contributed by atoms with E-state index in [1.807, 2.05) is 30.3 Å². The van der Waals surface area contributed by atoms with E-state index in [0.717, 1.165) is 11.3 Å². The Morgan fingerprint density at radius 1 is 1.44 bits per heavy atom. The lowest BCUT2D eigenvalue weighted by atomic mass is 10.0. The van der Waals surface area contributed by atoms with Crippen LogP contribution in [0.1, 0.15) is 18.4 Å². The normalized spacial score (nSPS) is 21.8. The van der Waals surface area contributed by atoms with E-state index in [4.69, 9.17) is 9.94 Å². The van der Waals surface area contributed by atoms with Crippen molar-refractivity contribution in [2.45, 2.75) is 25.5 Å². The lowest BCUT2D eigenvalue weighted by Gasteiger charge is -2.20. The number of carboxylic acid groups (broad SMARTS) is 1. The highest BCUT2D eigenvalue weighted by Gasteiger charge is 2.22. The first-order valence-electron chi connectivity index (χ1n) is 5.93. The second kappa shape index (κ2) is 6.16. The van der Waals surface area contributed by atoms with Gasteiger partial charge in [0, 0.05) is 6.54 Å². The summed E-state index contributed by atoms with van der Waals surface area (Å²) < 4.78 is 0. The van der Waals surface area contributed by atoms with Crippen molar-refractivity contribution in [3.63, 3.8) is 0 Å². The summed E-state index contributed by atoms with van der Waals surface area (Å²) in [5.41, 5.74) is 1.93. The molecule has 1 aliphatic heterocycles. The van der Waals surface area contributed by atoms with Crippen molar-refractivity contribution in [2.75, 3.05) is 6.54 Å². The van der Waals surface area contributed by atoms with Gasteiger partial charge in [0.1, 0.15) is 12.6 Å². The predicted molar refractivity (Wildman–Crippen MR) is 67.3 cm³/mol. The van der Waals surface area contributed by atoms with Gasteiger partial charge in [0.15, 0.2) is 0 Å². The lowest BCUT2D eigenvalue weighted by Crippen LogP contribution is -2.44. The molecule has 1 heterocycles. The zero-order valence-electron chi connectivity index (χ0n) is 10.0. The number of hydrogen-bond donors (Lipinski definition) is 2. The molecular formula is C13H16N2O3. The van der Waals surface area contributed by atoms with Crippen molar-refractivity contribution in [1.29, 1.82) is 0 Å². The molecule has 5 nitrogen and oxygen atoms in total. The van der Waals surface area contributed by atoms with Crippen molar-refractivity contribution in [1.82, 2.24) is 5.32 Å². The Kier molecular flexibility index (Phi) is 4.30. The minimum Gasteiger partial charge on any atom is -0.480 e. The second-order valence-electron chi connectivity index (χ2n) is 4.23. The fourth-order valence-corrected chi connectivity index (χ4v) is 1.80. The van der Waals surface area contributed by atoms with Gasteiger partial charge in [-0.05, 0) is 18.4 Å². The number of aliphatic carboxylic acids is 1. The molecule has 1 aromatic rings. The van der Waals surface area contributed by atoms with Crippen LogP contribution >= 0.6 is 0 Å². The average Bonchev–Trinajstić information content (AvgIpc) is 2.40. The minimum atomic E-state index is -0.806. The Hall–Kier alpha value is -1.88. The summed E-state index contributed by atoms with van der Waals surface area (Å²) in [5.74, 6) is -0.806. The van der Waals surface area contributed by atoms with E-state index >= 15 is 0 Å².